The van der Waals surface area contributed by atoms with Gasteiger partial charge in [0.2, 0.25) is 0 Å². The van der Waals surface area contributed by atoms with Crippen molar-refractivity contribution in [3.8, 4) is 0 Å². The number of benzene rings is 2. The number of aliphatic hydroxyl groups excluding tert-OH is 1. The van der Waals surface area contributed by atoms with Crippen molar-refractivity contribution in [2.75, 3.05) is 11.5 Å². The van der Waals surface area contributed by atoms with E-state index in [0.717, 1.165) is 5.56 Å². The Hall–Kier alpha value is -1.45. The highest BCUT2D eigenvalue weighted by Gasteiger charge is 2.08. The maximum absolute atomic E-state index is 10.2. The van der Waals surface area contributed by atoms with Gasteiger partial charge in [-0.3, -0.25) is 0 Å². The SMILES string of the molecule is Cc1ccc(SCC(O)c2cccc(N)c2)cc1C. The first kappa shape index (κ1) is 14.0. The molecule has 2 rings (SSSR count). The van der Waals surface area contributed by atoms with E-state index in [1.165, 1.54) is 16.0 Å². The second-order valence-corrected chi connectivity index (χ2v) is 5.84. The first-order valence-corrected chi connectivity index (χ1v) is 7.28. The summed E-state index contributed by atoms with van der Waals surface area (Å²) in [5.41, 5.74) is 9.85. The Morgan fingerprint density at radius 2 is 1.89 bits per heavy atom. The largest absolute Gasteiger partial charge is 0.399 e. The monoisotopic (exact) mass is 273 g/mol. The number of rotatable bonds is 4. The second kappa shape index (κ2) is 6.13. The molecule has 2 aromatic rings. The molecule has 0 aliphatic carbocycles. The quantitative estimate of drug-likeness (QED) is 0.659. The van der Waals surface area contributed by atoms with Crippen LogP contribution >= 0.6 is 11.8 Å². The van der Waals surface area contributed by atoms with E-state index in [1.807, 2.05) is 24.3 Å². The topological polar surface area (TPSA) is 46.2 Å². The molecule has 0 amide bonds. The van der Waals surface area contributed by atoms with Gasteiger partial charge in [0.1, 0.15) is 0 Å². The predicted octanol–water partition coefficient (Wildman–Crippen LogP) is 3.71. The van der Waals surface area contributed by atoms with Crippen LogP contribution in [0.2, 0.25) is 0 Å². The average Bonchev–Trinajstić information content (AvgIpc) is 2.40. The Balaban J connectivity index is 2.00. The summed E-state index contributed by atoms with van der Waals surface area (Å²) in [4.78, 5) is 1.19. The molecule has 0 aliphatic heterocycles. The van der Waals surface area contributed by atoms with E-state index in [0.29, 0.717) is 11.4 Å². The molecule has 0 spiro atoms. The van der Waals surface area contributed by atoms with Crippen LogP contribution in [0.1, 0.15) is 22.8 Å². The highest BCUT2D eigenvalue weighted by molar-refractivity contribution is 7.99. The van der Waals surface area contributed by atoms with Gasteiger partial charge in [0.05, 0.1) is 6.10 Å². The van der Waals surface area contributed by atoms with Crippen molar-refractivity contribution < 1.29 is 5.11 Å². The number of hydrogen-bond donors (Lipinski definition) is 2. The lowest BCUT2D eigenvalue weighted by atomic mass is 10.1. The van der Waals surface area contributed by atoms with Gasteiger partial charge in [-0.15, -0.1) is 11.8 Å². The molecule has 1 unspecified atom stereocenters. The maximum Gasteiger partial charge on any atom is 0.0884 e. The van der Waals surface area contributed by atoms with Gasteiger partial charge >= 0.3 is 0 Å². The maximum atomic E-state index is 10.2. The molecule has 0 radical (unpaired) electrons. The lowest BCUT2D eigenvalue weighted by Gasteiger charge is -2.12. The minimum absolute atomic E-state index is 0.491. The molecule has 0 fully saturated rings. The molecule has 0 aliphatic rings. The number of hydrogen-bond acceptors (Lipinski definition) is 3. The third-order valence-electron chi connectivity index (χ3n) is 3.18. The lowest BCUT2D eigenvalue weighted by molar-refractivity contribution is 0.204. The van der Waals surface area contributed by atoms with Crippen molar-refractivity contribution in [1.29, 1.82) is 0 Å². The molecule has 3 heteroatoms. The highest BCUT2D eigenvalue weighted by Crippen LogP contribution is 2.26. The van der Waals surface area contributed by atoms with Crippen LogP contribution in [0.25, 0.3) is 0 Å². The van der Waals surface area contributed by atoms with E-state index < -0.39 is 6.10 Å². The van der Waals surface area contributed by atoms with E-state index in [2.05, 4.69) is 32.0 Å². The zero-order valence-corrected chi connectivity index (χ0v) is 12.1. The minimum Gasteiger partial charge on any atom is -0.399 e. The number of nitrogens with two attached hydrogens (primary N) is 1. The molecule has 2 aromatic carbocycles. The van der Waals surface area contributed by atoms with Crippen LogP contribution in [0.15, 0.2) is 47.4 Å². The fourth-order valence-corrected chi connectivity index (χ4v) is 2.81. The summed E-state index contributed by atoms with van der Waals surface area (Å²) in [7, 11) is 0. The number of nitrogen functional groups attached to an aromatic ring is 1. The van der Waals surface area contributed by atoms with Gasteiger partial charge in [0.15, 0.2) is 0 Å². The first-order valence-electron chi connectivity index (χ1n) is 6.30. The molecule has 3 N–H and O–H groups in total. The van der Waals surface area contributed by atoms with Gasteiger partial charge in [-0.05, 0) is 54.8 Å². The molecule has 19 heavy (non-hydrogen) atoms. The molecular formula is C16H19NOS. The molecule has 2 nitrogen and oxygen atoms in total. The van der Waals surface area contributed by atoms with Crippen molar-refractivity contribution >= 4 is 17.4 Å². The molecular weight excluding hydrogens is 254 g/mol. The Morgan fingerprint density at radius 3 is 2.58 bits per heavy atom. The van der Waals surface area contributed by atoms with Crippen LogP contribution in [0.4, 0.5) is 5.69 Å². The zero-order chi connectivity index (χ0) is 13.8. The van der Waals surface area contributed by atoms with Crippen LogP contribution in [-0.2, 0) is 0 Å². The highest BCUT2D eigenvalue weighted by atomic mass is 32.2. The predicted molar refractivity (Wildman–Crippen MR) is 82.5 cm³/mol. The zero-order valence-electron chi connectivity index (χ0n) is 11.3. The Kier molecular flexibility index (Phi) is 4.51. The van der Waals surface area contributed by atoms with Crippen LogP contribution < -0.4 is 5.73 Å². The van der Waals surface area contributed by atoms with E-state index in [4.69, 9.17) is 5.73 Å². The van der Waals surface area contributed by atoms with Gasteiger partial charge in [-0.1, -0.05) is 18.2 Å². The van der Waals surface area contributed by atoms with Crippen LogP contribution in [0.3, 0.4) is 0 Å². The standard InChI is InChI=1S/C16H19NOS/c1-11-6-7-15(8-12(11)2)19-10-16(18)13-4-3-5-14(17)9-13/h3-9,16,18H,10,17H2,1-2H3. The summed E-state index contributed by atoms with van der Waals surface area (Å²) >= 11 is 1.66. The summed E-state index contributed by atoms with van der Waals surface area (Å²) in [6.45, 7) is 4.21. The van der Waals surface area contributed by atoms with Gasteiger partial charge in [-0.2, -0.15) is 0 Å². The fourth-order valence-electron chi connectivity index (χ4n) is 1.84. The fraction of sp³-hybridized carbons (Fsp3) is 0.250. The molecule has 0 saturated carbocycles. The summed E-state index contributed by atoms with van der Waals surface area (Å²) in [6, 6.07) is 13.8. The Labute approximate surface area is 118 Å². The first-order chi connectivity index (χ1) is 9.06. The third kappa shape index (κ3) is 3.75. The lowest BCUT2D eigenvalue weighted by Crippen LogP contribution is -2.01. The Morgan fingerprint density at radius 1 is 1.11 bits per heavy atom. The summed E-state index contributed by atoms with van der Waals surface area (Å²) < 4.78 is 0. The average molecular weight is 273 g/mol. The summed E-state index contributed by atoms with van der Waals surface area (Å²) in [5, 5.41) is 10.2. The van der Waals surface area contributed by atoms with Gasteiger partial charge in [-0.25, -0.2) is 0 Å². The normalized spacial score (nSPS) is 12.4. The van der Waals surface area contributed by atoms with Crippen molar-refractivity contribution in [1.82, 2.24) is 0 Å². The number of anilines is 1. The van der Waals surface area contributed by atoms with E-state index in [-0.39, 0.29) is 0 Å². The molecule has 0 heterocycles. The summed E-state index contributed by atoms with van der Waals surface area (Å²) in [5.74, 6) is 0.631. The number of aryl methyl sites for hydroxylation is 2. The van der Waals surface area contributed by atoms with Gasteiger partial charge < -0.3 is 10.8 Å². The van der Waals surface area contributed by atoms with Gasteiger partial charge in [0.25, 0.3) is 0 Å². The smallest absolute Gasteiger partial charge is 0.0884 e. The number of aliphatic hydroxyl groups is 1. The van der Waals surface area contributed by atoms with Crippen molar-refractivity contribution in [3.05, 3.63) is 59.2 Å². The van der Waals surface area contributed by atoms with Crippen molar-refractivity contribution in [3.63, 3.8) is 0 Å². The van der Waals surface area contributed by atoms with Crippen LogP contribution in [0.5, 0.6) is 0 Å². The molecule has 0 saturated heterocycles. The van der Waals surface area contributed by atoms with Gasteiger partial charge in [0, 0.05) is 16.3 Å². The van der Waals surface area contributed by atoms with E-state index in [1.54, 1.807) is 11.8 Å². The molecule has 0 aromatic heterocycles. The second-order valence-electron chi connectivity index (χ2n) is 4.74. The third-order valence-corrected chi connectivity index (χ3v) is 4.25. The van der Waals surface area contributed by atoms with Crippen LogP contribution in [0, 0.1) is 13.8 Å². The molecule has 0 bridgehead atoms. The minimum atomic E-state index is -0.491. The van der Waals surface area contributed by atoms with Crippen molar-refractivity contribution in [2.45, 2.75) is 24.8 Å². The van der Waals surface area contributed by atoms with Crippen LogP contribution in [-0.4, -0.2) is 10.9 Å². The molecule has 100 valence electrons. The van der Waals surface area contributed by atoms with Crippen molar-refractivity contribution in [2.24, 2.45) is 0 Å². The summed E-state index contributed by atoms with van der Waals surface area (Å²) in [6.07, 6.45) is -0.491. The Bertz CT molecular complexity index is 568. The van der Waals surface area contributed by atoms with E-state index in [9.17, 15) is 5.11 Å². The van der Waals surface area contributed by atoms with E-state index >= 15 is 0 Å². The number of thioether (sulfide) groups is 1. The molecule has 1 atom stereocenters.